The van der Waals surface area contributed by atoms with Gasteiger partial charge in [0.1, 0.15) is 0 Å². The number of phenols is 1. The second-order valence-corrected chi connectivity index (χ2v) is 3.88. The molecule has 1 aromatic rings. The maximum absolute atomic E-state index is 9.66. The van der Waals surface area contributed by atoms with E-state index < -0.39 is 0 Å². The highest BCUT2D eigenvalue weighted by Crippen LogP contribution is 2.40. The Kier molecular flexibility index (Phi) is 4.51. The van der Waals surface area contributed by atoms with E-state index in [-0.39, 0.29) is 16.5 Å². The van der Waals surface area contributed by atoms with E-state index in [1.54, 1.807) is 6.07 Å². The third-order valence-corrected chi connectivity index (χ3v) is 2.85. The number of nitrogens with two attached hydrogens (primary N) is 1. The highest BCUT2D eigenvalue weighted by molar-refractivity contribution is 6.37. The molecule has 0 aliphatic rings. The molecule has 3 nitrogen and oxygen atoms in total. The number of ether oxygens (including phenoxy) is 1. The molecule has 1 rings (SSSR count). The van der Waals surface area contributed by atoms with Crippen LogP contribution in [0.4, 0.5) is 0 Å². The van der Waals surface area contributed by atoms with Gasteiger partial charge in [-0.05, 0) is 24.9 Å². The minimum absolute atomic E-state index is 0.0735. The lowest BCUT2D eigenvalue weighted by atomic mass is 10.1. The summed E-state index contributed by atoms with van der Waals surface area (Å²) in [6.07, 6.45) is 1.41. The number of aromatic hydroxyl groups is 1. The first kappa shape index (κ1) is 12.4. The molecule has 0 atom stereocenters. The minimum Gasteiger partial charge on any atom is -0.503 e. The van der Waals surface area contributed by atoms with E-state index >= 15 is 0 Å². The van der Waals surface area contributed by atoms with E-state index in [1.807, 2.05) is 0 Å². The number of hydrogen-bond acceptors (Lipinski definition) is 3. The van der Waals surface area contributed by atoms with Crippen LogP contribution >= 0.6 is 23.2 Å². The van der Waals surface area contributed by atoms with Gasteiger partial charge in [0.2, 0.25) is 0 Å². The molecule has 0 unspecified atom stereocenters. The Hall–Kier alpha value is -0.640. The lowest BCUT2D eigenvalue weighted by Crippen LogP contribution is -2.01. The topological polar surface area (TPSA) is 55.5 Å². The second-order valence-electron chi connectivity index (χ2n) is 3.09. The van der Waals surface area contributed by atoms with E-state index in [4.69, 9.17) is 33.7 Å². The molecule has 3 N–H and O–H groups in total. The number of halogens is 2. The van der Waals surface area contributed by atoms with E-state index in [1.165, 1.54) is 7.11 Å². The van der Waals surface area contributed by atoms with Gasteiger partial charge in [0.15, 0.2) is 11.5 Å². The Morgan fingerprint density at radius 2 is 2.13 bits per heavy atom. The van der Waals surface area contributed by atoms with Crippen LogP contribution in [0.25, 0.3) is 0 Å². The molecular weight excluding hydrogens is 237 g/mol. The molecule has 84 valence electrons. The fourth-order valence-corrected chi connectivity index (χ4v) is 1.92. The third kappa shape index (κ3) is 2.68. The molecule has 0 amide bonds. The zero-order valence-electron chi connectivity index (χ0n) is 8.39. The second kappa shape index (κ2) is 5.45. The molecule has 0 aliphatic carbocycles. The summed E-state index contributed by atoms with van der Waals surface area (Å²) in [5.74, 6) is 0.206. The Balaban J connectivity index is 3.11. The molecule has 0 heterocycles. The van der Waals surface area contributed by atoms with Gasteiger partial charge in [-0.1, -0.05) is 23.2 Å². The van der Waals surface area contributed by atoms with Crippen molar-refractivity contribution in [2.45, 2.75) is 12.8 Å². The van der Waals surface area contributed by atoms with Crippen LogP contribution < -0.4 is 10.5 Å². The number of methoxy groups -OCH3 is 1. The minimum atomic E-state index is -0.0735. The average molecular weight is 250 g/mol. The van der Waals surface area contributed by atoms with Crippen molar-refractivity contribution < 1.29 is 9.84 Å². The van der Waals surface area contributed by atoms with Crippen LogP contribution in [0, 0.1) is 0 Å². The fourth-order valence-electron chi connectivity index (χ4n) is 1.29. The van der Waals surface area contributed by atoms with Crippen LogP contribution in [0.5, 0.6) is 11.5 Å². The zero-order chi connectivity index (χ0) is 11.4. The molecule has 1 aromatic carbocycles. The van der Waals surface area contributed by atoms with E-state index in [2.05, 4.69) is 0 Å². The summed E-state index contributed by atoms with van der Waals surface area (Å²) in [6.45, 7) is 0.555. The van der Waals surface area contributed by atoms with Crippen molar-refractivity contribution in [2.75, 3.05) is 13.7 Å². The highest BCUT2D eigenvalue weighted by atomic mass is 35.5. The molecule has 0 saturated heterocycles. The summed E-state index contributed by atoms with van der Waals surface area (Å²) in [5, 5.41) is 10.4. The van der Waals surface area contributed by atoms with Crippen LogP contribution in [0.3, 0.4) is 0 Å². The summed E-state index contributed by atoms with van der Waals surface area (Å²) in [4.78, 5) is 0. The first-order chi connectivity index (χ1) is 7.11. The Bertz CT molecular complexity index is 356. The number of hydrogen-bond donors (Lipinski definition) is 2. The summed E-state index contributed by atoms with van der Waals surface area (Å²) in [5.41, 5.74) is 6.11. The van der Waals surface area contributed by atoms with Crippen molar-refractivity contribution >= 4 is 23.2 Å². The smallest absolute Gasteiger partial charge is 0.177 e. The van der Waals surface area contributed by atoms with Crippen LogP contribution in [0.1, 0.15) is 12.0 Å². The Labute approximate surface area is 98.7 Å². The normalized spacial score (nSPS) is 10.4. The predicted molar refractivity (Wildman–Crippen MR) is 62.1 cm³/mol. The molecule has 5 heteroatoms. The van der Waals surface area contributed by atoms with Crippen molar-refractivity contribution in [3.05, 3.63) is 21.7 Å². The van der Waals surface area contributed by atoms with Gasteiger partial charge in [0, 0.05) is 11.1 Å². The molecular formula is C10H13Cl2NO2. The van der Waals surface area contributed by atoms with Crippen molar-refractivity contribution in [1.29, 1.82) is 0 Å². The number of benzene rings is 1. The predicted octanol–water partition coefficient (Wildman–Crippen LogP) is 2.60. The molecule has 0 saturated carbocycles. The van der Waals surface area contributed by atoms with Crippen LogP contribution in [-0.2, 0) is 6.42 Å². The highest BCUT2D eigenvalue weighted by Gasteiger charge is 2.15. The number of phenolic OH excluding ortho intramolecular Hbond substituents is 1. The molecule has 15 heavy (non-hydrogen) atoms. The van der Waals surface area contributed by atoms with Crippen molar-refractivity contribution in [3.63, 3.8) is 0 Å². The zero-order valence-corrected chi connectivity index (χ0v) is 9.90. The van der Waals surface area contributed by atoms with Gasteiger partial charge in [-0.2, -0.15) is 0 Å². The quantitative estimate of drug-likeness (QED) is 0.863. The van der Waals surface area contributed by atoms with Gasteiger partial charge in [-0.15, -0.1) is 0 Å². The van der Waals surface area contributed by atoms with Crippen LogP contribution in [0.2, 0.25) is 10.0 Å². The molecule has 0 aromatic heterocycles. The number of rotatable bonds is 4. The van der Waals surface area contributed by atoms with Gasteiger partial charge in [0.25, 0.3) is 0 Å². The Morgan fingerprint density at radius 3 is 2.67 bits per heavy atom. The first-order valence-corrected chi connectivity index (χ1v) is 5.31. The molecule has 0 spiro atoms. The molecule has 0 radical (unpaired) electrons. The van der Waals surface area contributed by atoms with Gasteiger partial charge in [-0.25, -0.2) is 0 Å². The summed E-state index contributed by atoms with van der Waals surface area (Å²) in [6, 6.07) is 1.55. The lowest BCUT2D eigenvalue weighted by Gasteiger charge is -2.11. The lowest BCUT2D eigenvalue weighted by molar-refractivity contribution is 0.373. The van der Waals surface area contributed by atoms with Crippen LogP contribution in [0.15, 0.2) is 6.07 Å². The molecule has 0 fully saturated rings. The van der Waals surface area contributed by atoms with Gasteiger partial charge in [0.05, 0.1) is 12.1 Å². The standard InChI is InChI=1S/C10H13Cl2NO2/c1-15-8-5-7(11)6(3-2-4-13)9(12)10(8)14/h5,14H,2-4,13H2,1H3. The van der Waals surface area contributed by atoms with E-state index in [0.717, 1.165) is 6.42 Å². The third-order valence-electron chi connectivity index (χ3n) is 2.10. The summed E-state index contributed by atoms with van der Waals surface area (Å²) < 4.78 is 4.92. The average Bonchev–Trinajstić information content (AvgIpc) is 2.23. The first-order valence-electron chi connectivity index (χ1n) is 4.55. The maximum Gasteiger partial charge on any atom is 0.177 e. The molecule has 0 bridgehead atoms. The van der Waals surface area contributed by atoms with Crippen molar-refractivity contribution in [1.82, 2.24) is 0 Å². The van der Waals surface area contributed by atoms with Crippen molar-refractivity contribution in [2.24, 2.45) is 5.73 Å². The maximum atomic E-state index is 9.66. The largest absolute Gasteiger partial charge is 0.503 e. The fraction of sp³-hybridized carbons (Fsp3) is 0.400. The van der Waals surface area contributed by atoms with Crippen molar-refractivity contribution in [3.8, 4) is 11.5 Å². The van der Waals surface area contributed by atoms with Crippen LogP contribution in [-0.4, -0.2) is 18.8 Å². The van der Waals surface area contributed by atoms with E-state index in [9.17, 15) is 5.11 Å². The Morgan fingerprint density at radius 1 is 1.47 bits per heavy atom. The van der Waals surface area contributed by atoms with Gasteiger partial charge >= 0.3 is 0 Å². The molecule has 0 aliphatic heterocycles. The van der Waals surface area contributed by atoms with Gasteiger partial charge in [-0.3, -0.25) is 0 Å². The van der Waals surface area contributed by atoms with E-state index in [0.29, 0.717) is 23.6 Å². The summed E-state index contributed by atoms with van der Waals surface area (Å²) >= 11 is 12.0. The monoisotopic (exact) mass is 249 g/mol. The SMILES string of the molecule is COc1cc(Cl)c(CCCN)c(Cl)c1O. The van der Waals surface area contributed by atoms with Gasteiger partial charge < -0.3 is 15.6 Å². The summed E-state index contributed by atoms with van der Waals surface area (Å²) in [7, 11) is 1.45.